The van der Waals surface area contributed by atoms with Gasteiger partial charge in [-0.15, -0.1) is 17.8 Å². The number of ether oxygens (including phenoxy) is 2. The maximum atomic E-state index is 11.8. The lowest BCUT2D eigenvalue weighted by molar-refractivity contribution is -0.115. The molecule has 0 saturated carbocycles. The minimum Gasteiger partial charge on any atom is -0.503 e. The van der Waals surface area contributed by atoms with Gasteiger partial charge in [0.15, 0.2) is 0 Å². The number of cyclic esters (lactones) is 1. The van der Waals surface area contributed by atoms with Crippen LogP contribution in [-0.2, 0) is 14.3 Å². The second-order valence-corrected chi connectivity index (χ2v) is 8.17. The van der Waals surface area contributed by atoms with Crippen molar-refractivity contribution < 1.29 is 23.9 Å². The monoisotopic (exact) mass is 509 g/mol. The van der Waals surface area contributed by atoms with Gasteiger partial charge in [-0.25, -0.2) is 4.79 Å². The van der Waals surface area contributed by atoms with Crippen LogP contribution in [0.3, 0.4) is 0 Å². The quantitative estimate of drug-likeness (QED) is 0.302. The minimum absolute atomic E-state index is 0.221. The van der Waals surface area contributed by atoms with Gasteiger partial charge in [-0.3, -0.25) is 19.4 Å². The van der Waals surface area contributed by atoms with Crippen molar-refractivity contribution in [2.24, 2.45) is 0 Å². The number of nitrogens with zero attached hydrogens (tertiary/aromatic N) is 2. The number of amides is 3. The maximum absolute atomic E-state index is 11.8. The van der Waals surface area contributed by atoms with E-state index in [0.717, 1.165) is 0 Å². The van der Waals surface area contributed by atoms with Crippen molar-refractivity contribution >= 4 is 41.3 Å². The van der Waals surface area contributed by atoms with Gasteiger partial charge in [-0.2, -0.15) is 0 Å². The highest BCUT2D eigenvalue weighted by Crippen LogP contribution is 2.21. The zero-order valence-electron chi connectivity index (χ0n) is 20.4. The van der Waals surface area contributed by atoms with Crippen LogP contribution in [0.5, 0.6) is 0 Å². The SMILES string of the molecule is C#C/C(=C\C)N(C=O)C(C)=COC.C=C(C)N1CC(CNC(=O)c2ccc(Cl)s2)OC1=O.CC. The molecule has 0 aromatic carbocycles. The molecule has 34 heavy (non-hydrogen) atoms. The number of rotatable bonds is 8. The van der Waals surface area contributed by atoms with Crippen LogP contribution >= 0.6 is 22.9 Å². The van der Waals surface area contributed by atoms with Gasteiger partial charge in [-0.1, -0.05) is 44.0 Å². The largest absolute Gasteiger partial charge is 0.503 e. The standard InChI is InChI=1S/C12H13ClN2O3S.C10H13NO2.C2H6/c1-7(2)15-6-8(18-12(15)17)5-14-11(16)9-3-4-10(13)19-9;1-5-10(6-2)11(8-12)9(3)7-13-4;1-2/h3-4,8H,1,5-6H2,2H3,(H,14,16);1,6-8H,2-4H3;1-2H3/b;9-7?,10-6+;. The van der Waals surface area contributed by atoms with Crippen molar-refractivity contribution in [2.75, 3.05) is 20.2 Å². The summed E-state index contributed by atoms with van der Waals surface area (Å²) in [4.78, 5) is 37.2. The molecule has 1 saturated heterocycles. The molecule has 2 rings (SSSR count). The highest BCUT2D eigenvalue weighted by molar-refractivity contribution is 7.17. The maximum Gasteiger partial charge on any atom is 0.414 e. The third-order valence-electron chi connectivity index (χ3n) is 4.08. The lowest BCUT2D eigenvalue weighted by Crippen LogP contribution is -2.34. The van der Waals surface area contributed by atoms with Crippen molar-refractivity contribution in [2.45, 2.75) is 40.7 Å². The third-order valence-corrected chi connectivity index (χ3v) is 5.31. The van der Waals surface area contributed by atoms with E-state index in [1.54, 1.807) is 39.0 Å². The van der Waals surface area contributed by atoms with Crippen LogP contribution in [0.1, 0.15) is 44.3 Å². The normalized spacial score (nSPS) is 14.9. The number of methoxy groups -OCH3 is 1. The molecule has 0 bridgehead atoms. The number of terminal acetylenes is 1. The first-order valence-electron chi connectivity index (χ1n) is 10.4. The Morgan fingerprint density at radius 2 is 2.12 bits per heavy atom. The summed E-state index contributed by atoms with van der Waals surface area (Å²) in [6.07, 6.45) is 8.21. The Balaban J connectivity index is 0.000000639. The van der Waals surface area contributed by atoms with Gasteiger partial charge < -0.3 is 14.8 Å². The predicted octanol–water partition coefficient (Wildman–Crippen LogP) is 5.00. The zero-order valence-corrected chi connectivity index (χ0v) is 22.0. The van der Waals surface area contributed by atoms with E-state index in [1.165, 1.54) is 34.5 Å². The number of thiophene rings is 1. The van der Waals surface area contributed by atoms with Crippen LogP contribution in [0, 0.1) is 12.3 Å². The summed E-state index contributed by atoms with van der Waals surface area (Å²) in [6.45, 7) is 13.6. The summed E-state index contributed by atoms with van der Waals surface area (Å²) in [6, 6.07) is 3.32. The Hall–Kier alpha value is -3.22. The molecule has 1 fully saturated rings. The first-order chi connectivity index (χ1) is 16.2. The van der Waals surface area contributed by atoms with E-state index in [4.69, 9.17) is 27.5 Å². The molecule has 0 aliphatic carbocycles. The Bertz CT molecular complexity index is 949. The smallest absolute Gasteiger partial charge is 0.414 e. The molecule has 1 aliphatic heterocycles. The van der Waals surface area contributed by atoms with Crippen molar-refractivity contribution in [3.63, 3.8) is 0 Å². The van der Waals surface area contributed by atoms with Crippen molar-refractivity contribution in [3.05, 3.63) is 57.4 Å². The molecule has 1 N–H and O–H groups in total. The average Bonchev–Trinajstić information content (AvgIpc) is 3.43. The Labute approximate surface area is 210 Å². The van der Waals surface area contributed by atoms with Gasteiger partial charge in [-0.05, 0) is 32.9 Å². The summed E-state index contributed by atoms with van der Waals surface area (Å²) >= 11 is 6.96. The Kier molecular flexibility index (Phi) is 14.8. The molecule has 186 valence electrons. The summed E-state index contributed by atoms with van der Waals surface area (Å²) in [5, 5.41) is 2.71. The highest BCUT2D eigenvalue weighted by Gasteiger charge is 2.31. The molecule has 1 aromatic rings. The lowest BCUT2D eigenvalue weighted by atomic mass is 10.3. The predicted molar refractivity (Wildman–Crippen MR) is 136 cm³/mol. The van der Waals surface area contributed by atoms with E-state index in [-0.39, 0.29) is 18.6 Å². The van der Waals surface area contributed by atoms with Crippen LogP contribution in [0.4, 0.5) is 4.79 Å². The van der Waals surface area contributed by atoms with Crippen LogP contribution in [0.15, 0.2) is 48.1 Å². The van der Waals surface area contributed by atoms with E-state index in [9.17, 15) is 14.4 Å². The molecule has 8 nitrogen and oxygen atoms in total. The van der Waals surface area contributed by atoms with Crippen molar-refractivity contribution in [1.82, 2.24) is 15.1 Å². The summed E-state index contributed by atoms with van der Waals surface area (Å²) < 4.78 is 10.4. The first-order valence-corrected chi connectivity index (χ1v) is 11.6. The fourth-order valence-electron chi connectivity index (χ4n) is 2.52. The Morgan fingerprint density at radius 1 is 1.47 bits per heavy atom. The zero-order chi connectivity index (χ0) is 26.3. The summed E-state index contributed by atoms with van der Waals surface area (Å²) in [7, 11) is 1.51. The van der Waals surface area contributed by atoms with E-state index in [2.05, 4.69) is 17.8 Å². The molecule has 0 radical (unpaired) electrons. The van der Waals surface area contributed by atoms with Gasteiger partial charge in [0.05, 0.1) is 40.8 Å². The Morgan fingerprint density at radius 3 is 2.53 bits per heavy atom. The molecule has 1 aliphatic rings. The highest BCUT2D eigenvalue weighted by atomic mass is 35.5. The molecule has 1 atom stereocenters. The number of nitrogens with one attached hydrogen (secondary N) is 1. The number of halogens is 1. The number of carbonyl (C=O) groups is 3. The number of hydrogen-bond donors (Lipinski definition) is 1. The molecule has 1 aromatic heterocycles. The van der Waals surface area contributed by atoms with Crippen LogP contribution in [0.25, 0.3) is 0 Å². The second-order valence-electron chi connectivity index (χ2n) is 6.45. The molecule has 2 heterocycles. The number of allylic oxidation sites excluding steroid dienone is 4. The van der Waals surface area contributed by atoms with Gasteiger partial charge in [0.25, 0.3) is 5.91 Å². The molecular weight excluding hydrogens is 478 g/mol. The van der Waals surface area contributed by atoms with Gasteiger partial charge in [0.2, 0.25) is 6.41 Å². The van der Waals surface area contributed by atoms with Crippen LogP contribution < -0.4 is 5.32 Å². The number of carbonyl (C=O) groups excluding carboxylic acids is 3. The lowest BCUT2D eigenvalue weighted by Gasteiger charge is -2.16. The van der Waals surface area contributed by atoms with Gasteiger partial charge >= 0.3 is 6.09 Å². The van der Waals surface area contributed by atoms with E-state index >= 15 is 0 Å². The fourth-order valence-corrected chi connectivity index (χ4v) is 3.48. The first kappa shape index (κ1) is 30.8. The van der Waals surface area contributed by atoms with Gasteiger partial charge in [0.1, 0.15) is 12.4 Å². The van der Waals surface area contributed by atoms with E-state index < -0.39 is 6.09 Å². The average molecular weight is 510 g/mol. The molecule has 3 amide bonds. The third kappa shape index (κ3) is 9.73. The fraction of sp³-hybridized carbons (Fsp3) is 0.375. The van der Waals surface area contributed by atoms with Crippen molar-refractivity contribution in [3.8, 4) is 12.3 Å². The molecule has 0 spiro atoms. The molecular formula is C24H32ClN3O5S. The van der Waals surface area contributed by atoms with Crippen molar-refractivity contribution in [1.29, 1.82) is 0 Å². The summed E-state index contributed by atoms with van der Waals surface area (Å²) in [5.41, 5.74) is 1.77. The second kappa shape index (κ2) is 16.4. The molecule has 10 heteroatoms. The topological polar surface area (TPSA) is 88.2 Å². The minimum atomic E-state index is -0.425. The van der Waals surface area contributed by atoms with E-state index in [0.29, 0.717) is 39.3 Å². The van der Waals surface area contributed by atoms with E-state index in [1.807, 2.05) is 13.8 Å². The van der Waals surface area contributed by atoms with Gasteiger partial charge in [0, 0.05) is 5.70 Å². The number of hydrogen-bond acceptors (Lipinski definition) is 6. The summed E-state index contributed by atoms with van der Waals surface area (Å²) in [5.74, 6) is 2.18. The molecule has 1 unspecified atom stereocenters. The van der Waals surface area contributed by atoms with Crippen LogP contribution in [0.2, 0.25) is 4.34 Å². The van der Waals surface area contributed by atoms with Crippen LogP contribution in [-0.4, -0.2) is 54.5 Å².